The molecule has 14 heavy (non-hydrogen) atoms. The average Bonchev–Trinajstić information content (AvgIpc) is 2.23. The van der Waals surface area contributed by atoms with Gasteiger partial charge in [-0.25, -0.2) is 0 Å². The largest absolute Gasteiger partial charge is 0.0993 e. The van der Waals surface area contributed by atoms with Crippen LogP contribution in [0.1, 0.15) is 41.5 Å². The third-order valence-corrected chi connectivity index (χ3v) is 4.25. The Hall–Kier alpha value is -0.260. The van der Waals surface area contributed by atoms with Crippen LogP contribution >= 0.6 is 0 Å². The zero-order chi connectivity index (χ0) is 11.0. The Morgan fingerprint density at radius 1 is 1.00 bits per heavy atom. The van der Waals surface area contributed by atoms with E-state index in [0.29, 0.717) is 0 Å². The van der Waals surface area contributed by atoms with Crippen LogP contribution in [0.4, 0.5) is 0 Å². The molecule has 0 heteroatoms. The van der Waals surface area contributed by atoms with Gasteiger partial charge in [-0.2, -0.15) is 0 Å². The molecule has 82 valence electrons. The quantitative estimate of drug-likeness (QED) is 0.572. The highest BCUT2D eigenvalue weighted by atomic mass is 14.5. The molecule has 1 fully saturated rings. The van der Waals surface area contributed by atoms with Crippen LogP contribution in [0.2, 0.25) is 0 Å². The lowest BCUT2D eigenvalue weighted by atomic mass is 9.78. The molecule has 0 heterocycles. The van der Waals surface area contributed by atoms with E-state index in [9.17, 15) is 0 Å². The van der Waals surface area contributed by atoms with Crippen LogP contribution in [0.5, 0.6) is 0 Å². The highest BCUT2D eigenvalue weighted by Crippen LogP contribution is 2.50. The molecule has 0 N–H and O–H groups in total. The van der Waals surface area contributed by atoms with Crippen LogP contribution in [0.15, 0.2) is 12.2 Å². The van der Waals surface area contributed by atoms with Crippen LogP contribution < -0.4 is 0 Å². The van der Waals surface area contributed by atoms with Crippen LogP contribution in [0, 0.1) is 35.5 Å². The summed E-state index contributed by atoms with van der Waals surface area (Å²) < 4.78 is 0. The molecule has 1 saturated carbocycles. The first kappa shape index (κ1) is 11.8. The van der Waals surface area contributed by atoms with Crippen molar-refractivity contribution in [2.45, 2.75) is 41.5 Å². The van der Waals surface area contributed by atoms with Gasteiger partial charge in [0.1, 0.15) is 0 Å². The van der Waals surface area contributed by atoms with Gasteiger partial charge < -0.3 is 0 Å². The zero-order valence-electron chi connectivity index (χ0n) is 10.7. The van der Waals surface area contributed by atoms with Crippen molar-refractivity contribution in [3.05, 3.63) is 12.2 Å². The van der Waals surface area contributed by atoms with Crippen molar-refractivity contribution < 1.29 is 0 Å². The summed E-state index contributed by atoms with van der Waals surface area (Å²) in [7, 11) is 0. The molecule has 1 aliphatic rings. The molecule has 0 aliphatic heterocycles. The first-order chi connectivity index (χ1) is 6.37. The average molecular weight is 194 g/mol. The van der Waals surface area contributed by atoms with Crippen LogP contribution in [0.25, 0.3) is 0 Å². The maximum atomic E-state index is 4.32. The van der Waals surface area contributed by atoms with Crippen molar-refractivity contribution in [1.82, 2.24) is 0 Å². The van der Waals surface area contributed by atoms with Gasteiger partial charge in [-0.15, -0.1) is 0 Å². The fraction of sp³-hybridized carbons (Fsp3) is 0.857. The molecule has 0 nitrogen and oxygen atoms in total. The van der Waals surface area contributed by atoms with Crippen molar-refractivity contribution in [3.8, 4) is 0 Å². The first-order valence-corrected chi connectivity index (χ1v) is 6.06. The minimum atomic E-state index is 0.720. The van der Waals surface area contributed by atoms with E-state index in [1.165, 1.54) is 5.57 Å². The van der Waals surface area contributed by atoms with Gasteiger partial charge in [0.25, 0.3) is 0 Å². The van der Waals surface area contributed by atoms with Gasteiger partial charge in [-0.05, 0) is 35.5 Å². The van der Waals surface area contributed by atoms with Crippen LogP contribution in [-0.4, -0.2) is 0 Å². The molecule has 0 aromatic rings. The second kappa shape index (κ2) is 4.08. The molecule has 0 aromatic carbocycles. The zero-order valence-corrected chi connectivity index (χ0v) is 10.7. The van der Waals surface area contributed by atoms with E-state index in [-0.39, 0.29) is 0 Å². The van der Waals surface area contributed by atoms with Crippen molar-refractivity contribution in [2.24, 2.45) is 35.5 Å². The molecule has 1 rings (SSSR count). The molecule has 0 spiro atoms. The summed E-state index contributed by atoms with van der Waals surface area (Å²) in [5.74, 6) is 4.67. The fourth-order valence-corrected chi connectivity index (χ4v) is 3.80. The topological polar surface area (TPSA) is 0 Å². The summed E-state index contributed by atoms with van der Waals surface area (Å²) >= 11 is 0. The molecule has 1 aliphatic carbocycles. The van der Waals surface area contributed by atoms with E-state index >= 15 is 0 Å². The summed E-state index contributed by atoms with van der Waals surface area (Å²) in [5.41, 5.74) is 1.51. The van der Waals surface area contributed by atoms with E-state index in [2.05, 4.69) is 48.1 Å². The molecule has 0 saturated heterocycles. The molecule has 0 amide bonds. The molecule has 0 bridgehead atoms. The van der Waals surface area contributed by atoms with Gasteiger partial charge in [0.2, 0.25) is 0 Å². The lowest BCUT2D eigenvalue weighted by Gasteiger charge is -2.26. The summed E-state index contributed by atoms with van der Waals surface area (Å²) in [4.78, 5) is 0. The Morgan fingerprint density at radius 2 is 1.50 bits per heavy atom. The minimum Gasteiger partial charge on any atom is -0.0993 e. The Kier molecular flexibility index (Phi) is 3.44. The molecule has 4 unspecified atom stereocenters. The number of hydrogen-bond acceptors (Lipinski definition) is 0. The Balaban J connectivity index is 2.91. The predicted octanol–water partition coefficient (Wildman–Crippen LogP) is 4.37. The second-order valence-corrected chi connectivity index (χ2v) is 5.81. The van der Waals surface area contributed by atoms with Gasteiger partial charge in [0.05, 0.1) is 0 Å². The molecule has 0 radical (unpaired) electrons. The van der Waals surface area contributed by atoms with E-state index in [1.54, 1.807) is 0 Å². The maximum Gasteiger partial charge on any atom is -0.0151 e. The van der Waals surface area contributed by atoms with Crippen molar-refractivity contribution in [2.75, 3.05) is 0 Å². The predicted molar refractivity (Wildman–Crippen MR) is 64.1 cm³/mol. The first-order valence-electron chi connectivity index (χ1n) is 6.06. The van der Waals surface area contributed by atoms with Crippen LogP contribution in [-0.2, 0) is 0 Å². The van der Waals surface area contributed by atoms with E-state index < -0.39 is 0 Å². The normalized spacial score (nSPS) is 38.7. The lowest BCUT2D eigenvalue weighted by molar-refractivity contribution is 0.217. The monoisotopic (exact) mass is 194 g/mol. The summed E-state index contributed by atoms with van der Waals surface area (Å²) in [6.45, 7) is 18.5. The van der Waals surface area contributed by atoms with Crippen LogP contribution in [0.3, 0.4) is 0 Å². The maximum absolute atomic E-state index is 4.32. The van der Waals surface area contributed by atoms with Gasteiger partial charge in [-0.1, -0.05) is 53.7 Å². The van der Waals surface area contributed by atoms with Gasteiger partial charge >= 0.3 is 0 Å². The fourth-order valence-electron chi connectivity index (χ4n) is 3.80. The Morgan fingerprint density at radius 3 is 1.71 bits per heavy atom. The van der Waals surface area contributed by atoms with Gasteiger partial charge in [-0.3, -0.25) is 0 Å². The number of hydrogen-bond donors (Lipinski definition) is 0. The molecular formula is C14H26. The summed E-state index contributed by atoms with van der Waals surface area (Å²) in [6.07, 6.45) is 0. The van der Waals surface area contributed by atoms with E-state index in [0.717, 1.165) is 35.5 Å². The molecule has 4 atom stereocenters. The summed E-state index contributed by atoms with van der Waals surface area (Å²) in [5, 5.41) is 0. The molecular weight excluding hydrogens is 168 g/mol. The summed E-state index contributed by atoms with van der Waals surface area (Å²) in [6, 6.07) is 0. The third kappa shape index (κ3) is 1.76. The highest BCUT2D eigenvalue weighted by Gasteiger charge is 2.43. The highest BCUT2D eigenvalue weighted by molar-refractivity contribution is 5.16. The van der Waals surface area contributed by atoms with Crippen molar-refractivity contribution >= 4 is 0 Å². The lowest BCUT2D eigenvalue weighted by Crippen LogP contribution is -2.21. The number of rotatable bonds is 2. The second-order valence-electron chi connectivity index (χ2n) is 5.81. The van der Waals surface area contributed by atoms with E-state index in [4.69, 9.17) is 0 Å². The Labute approximate surface area is 89.8 Å². The SMILES string of the molecule is C=C1C(C)C(C(C)C)C(C)C1C(C)C. The minimum absolute atomic E-state index is 0.720. The molecule has 0 aromatic heterocycles. The van der Waals surface area contributed by atoms with Gasteiger partial charge in [0, 0.05) is 0 Å². The number of allylic oxidation sites excluding steroid dienone is 1. The van der Waals surface area contributed by atoms with Crippen molar-refractivity contribution in [3.63, 3.8) is 0 Å². The smallest absolute Gasteiger partial charge is 0.0151 e. The van der Waals surface area contributed by atoms with Crippen molar-refractivity contribution in [1.29, 1.82) is 0 Å². The third-order valence-electron chi connectivity index (χ3n) is 4.25. The van der Waals surface area contributed by atoms with Gasteiger partial charge in [0.15, 0.2) is 0 Å². The standard InChI is InChI=1S/C14H26/c1-8(2)13-10(5)11(6)14(9(3)4)12(13)7/h8-9,11-14H,5H2,1-4,6-7H3. The van der Waals surface area contributed by atoms with E-state index in [1.807, 2.05) is 0 Å². The Bertz CT molecular complexity index is 212.